The molecule has 2 N–H and O–H groups in total. The minimum atomic E-state index is -0.419. The van der Waals surface area contributed by atoms with Crippen molar-refractivity contribution < 1.29 is 9.15 Å². The Morgan fingerprint density at radius 3 is 2.95 bits per heavy atom. The second-order valence-corrected chi connectivity index (χ2v) is 5.62. The maximum absolute atomic E-state index is 10.9. The van der Waals surface area contributed by atoms with Crippen molar-refractivity contribution in [1.29, 1.82) is 0 Å². The van der Waals surface area contributed by atoms with Crippen molar-refractivity contribution in [3.63, 3.8) is 0 Å². The molecule has 5 nitrogen and oxygen atoms in total. The first-order valence-electron chi connectivity index (χ1n) is 7.00. The van der Waals surface area contributed by atoms with Crippen LogP contribution in [0, 0.1) is 0 Å². The van der Waals surface area contributed by atoms with Crippen molar-refractivity contribution >= 4 is 17.4 Å². The van der Waals surface area contributed by atoms with Gasteiger partial charge in [0, 0.05) is 24.5 Å². The Labute approximate surface area is 128 Å². The molecule has 0 bridgehead atoms. The number of nitrogens with one attached hydrogen (secondary N) is 2. The number of rotatable bonds is 8. The lowest BCUT2D eigenvalue weighted by Crippen LogP contribution is -2.11. The van der Waals surface area contributed by atoms with Gasteiger partial charge in [-0.25, -0.2) is 4.79 Å². The first kappa shape index (κ1) is 15.6. The van der Waals surface area contributed by atoms with E-state index in [4.69, 9.17) is 9.15 Å². The maximum atomic E-state index is 10.9. The molecule has 0 saturated carbocycles. The number of aromatic nitrogens is 1. The third-order valence-electron chi connectivity index (χ3n) is 2.80. The molecule has 1 aromatic carbocycles. The average molecular weight is 308 g/mol. The molecular formula is C15H20N2O3S. The van der Waals surface area contributed by atoms with E-state index < -0.39 is 5.76 Å². The Hall–Kier alpha value is -1.82. The highest BCUT2D eigenvalue weighted by Crippen LogP contribution is 2.25. The van der Waals surface area contributed by atoms with Gasteiger partial charge in [0.2, 0.25) is 0 Å². The molecule has 0 fully saturated rings. The van der Waals surface area contributed by atoms with Gasteiger partial charge in [0.25, 0.3) is 0 Å². The fourth-order valence-electron chi connectivity index (χ4n) is 1.83. The molecule has 0 amide bonds. The van der Waals surface area contributed by atoms with Crippen LogP contribution in [0.5, 0.6) is 5.75 Å². The fraction of sp³-hybridized carbons (Fsp3) is 0.400. The van der Waals surface area contributed by atoms with Gasteiger partial charge in [-0.3, -0.25) is 4.98 Å². The van der Waals surface area contributed by atoms with E-state index in [0.29, 0.717) is 11.5 Å². The summed E-state index contributed by atoms with van der Waals surface area (Å²) in [5.41, 5.74) is 1.06. The summed E-state index contributed by atoms with van der Waals surface area (Å²) in [7, 11) is 0. The highest BCUT2D eigenvalue weighted by atomic mass is 32.2. The molecule has 1 atom stereocenters. The quantitative estimate of drug-likeness (QED) is 0.731. The number of aromatic amines is 1. The molecule has 0 saturated heterocycles. The predicted molar refractivity (Wildman–Crippen MR) is 85.9 cm³/mol. The van der Waals surface area contributed by atoms with E-state index in [0.717, 1.165) is 24.4 Å². The van der Waals surface area contributed by atoms with Crippen LogP contribution in [0.3, 0.4) is 0 Å². The summed E-state index contributed by atoms with van der Waals surface area (Å²) in [5, 5.41) is 3.26. The van der Waals surface area contributed by atoms with Crippen LogP contribution in [0.25, 0.3) is 0 Å². The number of thioether (sulfide) groups is 1. The number of ether oxygens (including phenoxy) is 1. The summed E-state index contributed by atoms with van der Waals surface area (Å²) in [4.78, 5) is 13.4. The molecule has 114 valence electrons. The summed E-state index contributed by atoms with van der Waals surface area (Å²) in [6.07, 6.45) is 2.46. The molecular weight excluding hydrogens is 288 g/mol. The zero-order valence-corrected chi connectivity index (χ0v) is 13.0. The van der Waals surface area contributed by atoms with E-state index >= 15 is 0 Å². The Morgan fingerprint density at radius 1 is 1.43 bits per heavy atom. The maximum Gasteiger partial charge on any atom is 0.416 e. The van der Waals surface area contributed by atoms with Crippen LogP contribution in [-0.4, -0.2) is 17.0 Å². The number of anilines is 1. The molecule has 21 heavy (non-hydrogen) atoms. The minimum Gasteiger partial charge on any atom is -0.480 e. The van der Waals surface area contributed by atoms with Crippen LogP contribution in [0.1, 0.15) is 26.0 Å². The standard InChI is InChI=1S/C15H20N2O3S/c1-3-14(21-10-13-9-17-15(18)20-13)19-12-7-5-6-11(8-12)16-4-2/h5-9,14,16H,3-4,10H2,1-2H3,(H,17,18). The van der Waals surface area contributed by atoms with E-state index in [9.17, 15) is 4.79 Å². The fourth-order valence-corrected chi connectivity index (χ4v) is 2.74. The van der Waals surface area contributed by atoms with Crippen molar-refractivity contribution in [3.05, 3.63) is 46.8 Å². The number of oxazole rings is 1. The molecule has 0 aliphatic rings. The molecule has 1 aromatic heterocycles. The van der Waals surface area contributed by atoms with E-state index in [-0.39, 0.29) is 5.44 Å². The molecule has 0 aliphatic carbocycles. The summed E-state index contributed by atoms with van der Waals surface area (Å²) in [6, 6.07) is 7.92. The van der Waals surface area contributed by atoms with Gasteiger partial charge < -0.3 is 14.5 Å². The van der Waals surface area contributed by atoms with Gasteiger partial charge in [-0.1, -0.05) is 13.0 Å². The Bertz CT molecular complexity index is 609. The highest BCUT2D eigenvalue weighted by molar-refractivity contribution is 7.99. The Balaban J connectivity index is 1.92. The summed E-state index contributed by atoms with van der Waals surface area (Å²) < 4.78 is 11.0. The first-order valence-corrected chi connectivity index (χ1v) is 8.05. The van der Waals surface area contributed by atoms with Crippen LogP contribution >= 0.6 is 11.8 Å². The third-order valence-corrected chi connectivity index (χ3v) is 4.05. The topological polar surface area (TPSA) is 67.3 Å². The Morgan fingerprint density at radius 2 is 2.29 bits per heavy atom. The van der Waals surface area contributed by atoms with E-state index in [1.54, 1.807) is 18.0 Å². The molecule has 0 aliphatic heterocycles. The largest absolute Gasteiger partial charge is 0.480 e. The van der Waals surface area contributed by atoms with E-state index in [2.05, 4.69) is 24.1 Å². The second-order valence-electron chi connectivity index (χ2n) is 4.47. The van der Waals surface area contributed by atoms with Crippen molar-refractivity contribution in [2.24, 2.45) is 0 Å². The number of hydrogen-bond donors (Lipinski definition) is 2. The van der Waals surface area contributed by atoms with Gasteiger partial charge in [0.1, 0.15) is 16.9 Å². The van der Waals surface area contributed by atoms with Gasteiger partial charge in [0.15, 0.2) is 0 Å². The van der Waals surface area contributed by atoms with Crippen molar-refractivity contribution in [1.82, 2.24) is 4.98 Å². The monoisotopic (exact) mass is 308 g/mol. The van der Waals surface area contributed by atoms with Crippen molar-refractivity contribution in [2.45, 2.75) is 31.5 Å². The number of hydrogen-bond acceptors (Lipinski definition) is 5. The third kappa shape index (κ3) is 4.90. The SMILES string of the molecule is CCNc1cccc(OC(CC)SCc2c[nH]c(=O)o2)c1. The minimum absolute atomic E-state index is 0.0158. The zero-order valence-electron chi connectivity index (χ0n) is 12.2. The lowest BCUT2D eigenvalue weighted by molar-refractivity contribution is 0.283. The van der Waals surface area contributed by atoms with Crippen LogP contribution in [-0.2, 0) is 5.75 Å². The normalized spacial score (nSPS) is 12.1. The van der Waals surface area contributed by atoms with Crippen LogP contribution in [0.2, 0.25) is 0 Å². The number of H-pyrrole nitrogens is 1. The zero-order chi connectivity index (χ0) is 15.1. The molecule has 1 heterocycles. The lowest BCUT2D eigenvalue weighted by atomic mass is 10.3. The Kier molecular flexibility index (Phi) is 5.80. The molecule has 0 spiro atoms. The molecule has 6 heteroatoms. The van der Waals surface area contributed by atoms with E-state index in [1.807, 2.05) is 24.3 Å². The molecule has 1 unspecified atom stereocenters. The second kappa shape index (κ2) is 7.83. The molecule has 2 aromatic rings. The van der Waals surface area contributed by atoms with Crippen molar-refractivity contribution in [2.75, 3.05) is 11.9 Å². The smallest absolute Gasteiger partial charge is 0.416 e. The van der Waals surface area contributed by atoms with Gasteiger partial charge in [-0.2, -0.15) is 0 Å². The number of benzene rings is 1. The van der Waals surface area contributed by atoms with Crippen LogP contribution < -0.4 is 15.8 Å². The summed E-state index contributed by atoms with van der Waals surface area (Å²) in [5.74, 6) is 1.65. The predicted octanol–water partition coefficient (Wildman–Crippen LogP) is 3.45. The highest BCUT2D eigenvalue weighted by Gasteiger charge is 2.11. The van der Waals surface area contributed by atoms with E-state index in [1.165, 1.54) is 0 Å². The van der Waals surface area contributed by atoms with Crippen LogP contribution in [0.4, 0.5) is 5.69 Å². The summed E-state index contributed by atoms with van der Waals surface area (Å²) in [6.45, 7) is 5.00. The van der Waals surface area contributed by atoms with Gasteiger partial charge >= 0.3 is 5.76 Å². The molecule has 2 rings (SSSR count). The average Bonchev–Trinajstić information content (AvgIpc) is 2.90. The van der Waals surface area contributed by atoms with Gasteiger partial charge in [0.05, 0.1) is 5.75 Å². The van der Waals surface area contributed by atoms with Gasteiger partial charge in [-0.05, 0) is 25.5 Å². The molecule has 0 radical (unpaired) electrons. The lowest BCUT2D eigenvalue weighted by Gasteiger charge is -2.17. The first-order chi connectivity index (χ1) is 10.2. The van der Waals surface area contributed by atoms with Crippen LogP contribution in [0.15, 0.2) is 39.7 Å². The van der Waals surface area contributed by atoms with Gasteiger partial charge in [-0.15, -0.1) is 11.8 Å². The van der Waals surface area contributed by atoms with Crippen molar-refractivity contribution in [3.8, 4) is 5.75 Å². The summed E-state index contributed by atoms with van der Waals surface area (Å²) >= 11 is 1.61.